The monoisotopic (exact) mass is 295 g/mol. The SMILES string of the molecule is CN=C(NCc1ccc(SC)cc1)NCC(C)(C)OC. The van der Waals surface area contributed by atoms with Crippen molar-refractivity contribution < 1.29 is 4.74 Å². The molecule has 0 atom stereocenters. The van der Waals surface area contributed by atoms with Gasteiger partial charge in [-0.25, -0.2) is 0 Å². The van der Waals surface area contributed by atoms with Gasteiger partial charge < -0.3 is 15.4 Å². The lowest BCUT2D eigenvalue weighted by Crippen LogP contribution is -2.45. The summed E-state index contributed by atoms with van der Waals surface area (Å²) in [5.41, 5.74) is 1.02. The van der Waals surface area contributed by atoms with Crippen LogP contribution in [0.3, 0.4) is 0 Å². The highest BCUT2D eigenvalue weighted by Crippen LogP contribution is 2.14. The van der Waals surface area contributed by atoms with E-state index in [1.54, 1.807) is 25.9 Å². The van der Waals surface area contributed by atoms with E-state index in [2.05, 4.69) is 46.1 Å². The van der Waals surface area contributed by atoms with Gasteiger partial charge in [-0.15, -0.1) is 11.8 Å². The minimum absolute atomic E-state index is 0.211. The minimum atomic E-state index is -0.211. The molecule has 0 aliphatic rings. The molecular weight excluding hydrogens is 270 g/mol. The number of benzene rings is 1. The molecule has 0 aliphatic carbocycles. The largest absolute Gasteiger partial charge is 0.377 e. The van der Waals surface area contributed by atoms with E-state index < -0.39 is 0 Å². The van der Waals surface area contributed by atoms with E-state index in [4.69, 9.17) is 4.74 Å². The Hall–Kier alpha value is -1.20. The van der Waals surface area contributed by atoms with Crippen molar-refractivity contribution in [1.82, 2.24) is 10.6 Å². The van der Waals surface area contributed by atoms with E-state index in [0.29, 0.717) is 6.54 Å². The van der Waals surface area contributed by atoms with Gasteiger partial charge in [0.05, 0.1) is 5.60 Å². The highest BCUT2D eigenvalue weighted by Gasteiger charge is 2.16. The van der Waals surface area contributed by atoms with Crippen molar-refractivity contribution in [2.24, 2.45) is 4.99 Å². The second-order valence-corrected chi connectivity index (χ2v) is 5.97. The van der Waals surface area contributed by atoms with Gasteiger partial charge in [-0.2, -0.15) is 0 Å². The summed E-state index contributed by atoms with van der Waals surface area (Å²) in [5, 5.41) is 6.56. The molecule has 0 radical (unpaired) electrons. The van der Waals surface area contributed by atoms with Crippen LogP contribution in [0.15, 0.2) is 34.2 Å². The number of ether oxygens (including phenoxy) is 1. The molecule has 0 heterocycles. The molecule has 0 fully saturated rings. The molecule has 0 unspecified atom stereocenters. The Bertz CT molecular complexity index is 429. The van der Waals surface area contributed by atoms with Crippen LogP contribution in [0.2, 0.25) is 0 Å². The van der Waals surface area contributed by atoms with Crippen molar-refractivity contribution in [1.29, 1.82) is 0 Å². The van der Waals surface area contributed by atoms with Crippen molar-refractivity contribution in [3.63, 3.8) is 0 Å². The Labute approximate surface area is 126 Å². The van der Waals surface area contributed by atoms with Crippen LogP contribution in [0.4, 0.5) is 0 Å². The lowest BCUT2D eigenvalue weighted by molar-refractivity contribution is 0.0268. The molecule has 0 saturated heterocycles. The first kappa shape index (κ1) is 16.9. The number of thioether (sulfide) groups is 1. The maximum absolute atomic E-state index is 5.37. The molecule has 0 aromatic heterocycles. The molecule has 112 valence electrons. The van der Waals surface area contributed by atoms with Crippen molar-refractivity contribution in [2.75, 3.05) is 27.0 Å². The van der Waals surface area contributed by atoms with Crippen molar-refractivity contribution in [3.8, 4) is 0 Å². The molecule has 0 bridgehead atoms. The van der Waals surface area contributed by atoms with Crippen molar-refractivity contribution >= 4 is 17.7 Å². The molecule has 2 N–H and O–H groups in total. The topological polar surface area (TPSA) is 45.7 Å². The van der Waals surface area contributed by atoms with E-state index >= 15 is 0 Å². The molecule has 1 aromatic carbocycles. The maximum Gasteiger partial charge on any atom is 0.191 e. The van der Waals surface area contributed by atoms with Crippen LogP contribution in [0.5, 0.6) is 0 Å². The van der Waals surface area contributed by atoms with Gasteiger partial charge in [0.25, 0.3) is 0 Å². The van der Waals surface area contributed by atoms with E-state index in [0.717, 1.165) is 12.5 Å². The van der Waals surface area contributed by atoms with Gasteiger partial charge in [0.1, 0.15) is 0 Å². The third kappa shape index (κ3) is 5.84. The number of aliphatic imine (C=N–C) groups is 1. The van der Waals surface area contributed by atoms with Gasteiger partial charge in [0, 0.05) is 32.1 Å². The van der Waals surface area contributed by atoms with Crippen LogP contribution < -0.4 is 10.6 Å². The van der Waals surface area contributed by atoms with Crippen LogP contribution in [0.25, 0.3) is 0 Å². The summed E-state index contributed by atoms with van der Waals surface area (Å²) in [4.78, 5) is 5.48. The molecule has 0 aliphatic heterocycles. The van der Waals surface area contributed by atoms with Crippen LogP contribution in [0, 0.1) is 0 Å². The number of rotatable bonds is 6. The van der Waals surface area contributed by atoms with Gasteiger partial charge in [0.2, 0.25) is 0 Å². The number of methoxy groups -OCH3 is 1. The van der Waals surface area contributed by atoms with Crippen LogP contribution in [-0.4, -0.2) is 38.5 Å². The predicted octanol–water partition coefficient (Wildman–Crippen LogP) is 2.50. The summed E-state index contributed by atoms with van der Waals surface area (Å²) < 4.78 is 5.37. The number of hydrogen-bond acceptors (Lipinski definition) is 3. The van der Waals surface area contributed by atoms with Gasteiger partial charge in [0.15, 0.2) is 5.96 Å². The summed E-state index contributed by atoms with van der Waals surface area (Å²) >= 11 is 1.75. The fourth-order valence-corrected chi connectivity index (χ4v) is 1.93. The summed E-state index contributed by atoms with van der Waals surface area (Å²) in [6.45, 7) is 5.53. The first-order valence-corrected chi connectivity index (χ1v) is 7.86. The van der Waals surface area contributed by atoms with Crippen molar-refractivity contribution in [2.45, 2.75) is 30.9 Å². The molecule has 20 heavy (non-hydrogen) atoms. The molecule has 0 saturated carbocycles. The fraction of sp³-hybridized carbons (Fsp3) is 0.533. The lowest BCUT2D eigenvalue weighted by Gasteiger charge is -2.24. The first-order valence-electron chi connectivity index (χ1n) is 6.63. The summed E-state index contributed by atoms with van der Waals surface area (Å²) in [5.74, 6) is 0.782. The Morgan fingerprint density at radius 3 is 2.40 bits per heavy atom. The third-order valence-corrected chi connectivity index (χ3v) is 3.82. The van der Waals surface area contributed by atoms with Crippen LogP contribution in [-0.2, 0) is 11.3 Å². The second-order valence-electron chi connectivity index (χ2n) is 5.09. The van der Waals surface area contributed by atoms with Gasteiger partial charge in [-0.05, 0) is 37.8 Å². The molecule has 1 rings (SSSR count). The molecule has 5 heteroatoms. The third-order valence-electron chi connectivity index (χ3n) is 3.08. The zero-order valence-corrected chi connectivity index (χ0v) is 13.8. The molecular formula is C15H25N3OS. The first-order chi connectivity index (χ1) is 9.50. The van der Waals surface area contributed by atoms with Crippen LogP contribution in [0.1, 0.15) is 19.4 Å². The zero-order chi connectivity index (χ0) is 15.0. The highest BCUT2D eigenvalue weighted by atomic mass is 32.2. The Morgan fingerprint density at radius 1 is 1.25 bits per heavy atom. The Morgan fingerprint density at radius 2 is 1.90 bits per heavy atom. The van der Waals surface area contributed by atoms with Crippen molar-refractivity contribution in [3.05, 3.63) is 29.8 Å². The maximum atomic E-state index is 5.37. The number of nitrogens with zero attached hydrogens (tertiary/aromatic N) is 1. The van der Waals surface area contributed by atoms with Gasteiger partial charge >= 0.3 is 0 Å². The molecule has 1 aromatic rings. The van der Waals surface area contributed by atoms with Crippen LogP contribution >= 0.6 is 11.8 Å². The predicted molar refractivity (Wildman–Crippen MR) is 87.5 cm³/mol. The quantitative estimate of drug-likeness (QED) is 0.481. The Kier molecular flexibility index (Phi) is 6.88. The Balaban J connectivity index is 2.45. The standard InChI is InChI=1S/C15H25N3OS/c1-15(2,19-4)11-18-14(16-3)17-10-12-6-8-13(20-5)9-7-12/h6-9H,10-11H2,1-5H3,(H2,16,17,18). The van der Waals surface area contributed by atoms with Gasteiger partial charge in [-0.1, -0.05) is 12.1 Å². The number of nitrogens with one attached hydrogen (secondary N) is 2. The van der Waals surface area contributed by atoms with Gasteiger partial charge in [-0.3, -0.25) is 4.99 Å². The average Bonchev–Trinajstić information content (AvgIpc) is 2.48. The highest BCUT2D eigenvalue weighted by molar-refractivity contribution is 7.98. The summed E-state index contributed by atoms with van der Waals surface area (Å²) in [6.07, 6.45) is 2.08. The van der Waals surface area contributed by atoms with E-state index in [1.165, 1.54) is 10.5 Å². The number of hydrogen-bond donors (Lipinski definition) is 2. The average molecular weight is 295 g/mol. The van der Waals surface area contributed by atoms with E-state index in [-0.39, 0.29) is 5.60 Å². The minimum Gasteiger partial charge on any atom is -0.377 e. The molecule has 0 amide bonds. The smallest absolute Gasteiger partial charge is 0.191 e. The lowest BCUT2D eigenvalue weighted by atomic mass is 10.1. The second kappa shape index (κ2) is 8.17. The zero-order valence-electron chi connectivity index (χ0n) is 13.0. The summed E-state index contributed by atoms with van der Waals surface area (Å²) in [6, 6.07) is 8.52. The summed E-state index contributed by atoms with van der Waals surface area (Å²) in [7, 11) is 3.48. The fourth-order valence-electron chi connectivity index (χ4n) is 1.52. The van der Waals surface area contributed by atoms with E-state index in [9.17, 15) is 0 Å². The normalized spacial score (nSPS) is 12.3. The number of guanidine groups is 1. The molecule has 4 nitrogen and oxygen atoms in total. The molecule has 0 spiro atoms. The van der Waals surface area contributed by atoms with E-state index in [1.807, 2.05) is 13.8 Å².